The average Bonchev–Trinajstić information content (AvgIpc) is 2.93. The average molecular weight is 313 g/mol. The van der Waals surface area contributed by atoms with E-state index in [0.29, 0.717) is 5.82 Å². The normalized spacial score (nSPS) is 18.8. The van der Waals surface area contributed by atoms with Crippen LogP contribution in [0, 0.1) is 0 Å². The molecule has 2 N–H and O–H groups in total. The Balaban J connectivity index is 1.89. The third kappa shape index (κ3) is 3.37. The Labute approximate surface area is 136 Å². The molecule has 0 aliphatic carbocycles. The summed E-state index contributed by atoms with van der Waals surface area (Å²) in [6, 6.07) is 1.86. The van der Waals surface area contributed by atoms with Gasteiger partial charge >= 0.3 is 0 Å². The second-order valence-corrected chi connectivity index (χ2v) is 6.09. The van der Waals surface area contributed by atoms with Crippen molar-refractivity contribution in [1.29, 1.82) is 0 Å². The number of ether oxygens (including phenoxy) is 1. The van der Waals surface area contributed by atoms with E-state index in [9.17, 15) is 0 Å². The van der Waals surface area contributed by atoms with E-state index in [4.69, 9.17) is 10.5 Å². The first-order valence-electron chi connectivity index (χ1n) is 7.82. The van der Waals surface area contributed by atoms with Crippen molar-refractivity contribution in [3.05, 3.63) is 42.4 Å². The lowest BCUT2D eigenvalue weighted by molar-refractivity contribution is 0.104. The van der Waals surface area contributed by atoms with Crippen LogP contribution in [0.25, 0.3) is 5.57 Å². The highest BCUT2D eigenvalue weighted by molar-refractivity contribution is 5.85. The molecule has 0 aromatic carbocycles. The molecule has 0 saturated carbocycles. The number of nitrogens with two attached hydrogens (primary N) is 1. The standard InChI is InChI=1S/C17H23N5O/c1-12(13-9-20-22(3)10-13)16-15(6-7-19-17(16)18)23-14-5-4-8-21(2)11-14/h6-7,9-10,14H,1,4-5,8,11H2,2-3H3,(H2,18,19). The zero-order valence-corrected chi connectivity index (χ0v) is 13.7. The van der Waals surface area contributed by atoms with Gasteiger partial charge in [0.15, 0.2) is 0 Å². The number of likely N-dealkylation sites (N-methyl/N-ethyl adjacent to an activating group) is 1. The third-order valence-corrected chi connectivity index (χ3v) is 4.17. The second kappa shape index (κ2) is 6.42. The molecule has 0 radical (unpaired) electrons. The monoisotopic (exact) mass is 313 g/mol. The van der Waals surface area contributed by atoms with Crippen molar-refractivity contribution in [2.75, 3.05) is 25.9 Å². The van der Waals surface area contributed by atoms with Crippen LogP contribution in [0.4, 0.5) is 5.82 Å². The van der Waals surface area contributed by atoms with E-state index < -0.39 is 0 Å². The highest BCUT2D eigenvalue weighted by Crippen LogP contribution is 2.34. The van der Waals surface area contributed by atoms with Gasteiger partial charge in [0, 0.05) is 31.5 Å². The van der Waals surface area contributed by atoms with Gasteiger partial charge in [0.1, 0.15) is 17.7 Å². The first kappa shape index (κ1) is 15.6. The largest absolute Gasteiger partial charge is 0.488 e. The van der Waals surface area contributed by atoms with Crippen molar-refractivity contribution < 1.29 is 4.74 Å². The minimum Gasteiger partial charge on any atom is -0.488 e. The SMILES string of the molecule is C=C(c1cnn(C)c1)c1c(OC2CCCN(C)C2)ccnc1N. The molecule has 6 heteroatoms. The molecule has 3 rings (SSSR count). The van der Waals surface area contributed by atoms with E-state index in [1.807, 2.05) is 19.3 Å². The van der Waals surface area contributed by atoms with Crippen LogP contribution in [0.5, 0.6) is 5.75 Å². The molecule has 1 aliphatic heterocycles. The number of pyridine rings is 1. The maximum Gasteiger partial charge on any atom is 0.134 e. The number of nitrogen functional groups attached to an aromatic ring is 1. The molecule has 3 heterocycles. The Morgan fingerprint density at radius 2 is 2.26 bits per heavy atom. The summed E-state index contributed by atoms with van der Waals surface area (Å²) in [5.41, 5.74) is 8.56. The zero-order chi connectivity index (χ0) is 16.4. The fraction of sp³-hybridized carbons (Fsp3) is 0.412. The van der Waals surface area contributed by atoms with Crippen LogP contribution in [0.2, 0.25) is 0 Å². The lowest BCUT2D eigenvalue weighted by Gasteiger charge is -2.30. The number of aryl methyl sites for hydroxylation is 1. The summed E-state index contributed by atoms with van der Waals surface area (Å²) in [7, 11) is 3.99. The van der Waals surface area contributed by atoms with Crippen LogP contribution in [-0.2, 0) is 7.05 Å². The highest BCUT2D eigenvalue weighted by Gasteiger charge is 2.22. The van der Waals surface area contributed by atoms with E-state index >= 15 is 0 Å². The number of hydrogen-bond donors (Lipinski definition) is 1. The summed E-state index contributed by atoms with van der Waals surface area (Å²) >= 11 is 0. The van der Waals surface area contributed by atoms with Gasteiger partial charge in [-0.1, -0.05) is 6.58 Å². The Morgan fingerprint density at radius 3 is 2.96 bits per heavy atom. The van der Waals surface area contributed by atoms with Crippen LogP contribution in [0.1, 0.15) is 24.0 Å². The predicted molar refractivity (Wildman–Crippen MR) is 91.1 cm³/mol. The minimum atomic E-state index is 0.163. The van der Waals surface area contributed by atoms with E-state index in [1.165, 1.54) is 0 Å². The molecular weight excluding hydrogens is 290 g/mol. The Kier molecular flexibility index (Phi) is 4.34. The van der Waals surface area contributed by atoms with Crippen LogP contribution >= 0.6 is 0 Å². The molecular formula is C17H23N5O. The third-order valence-electron chi connectivity index (χ3n) is 4.17. The number of nitrogens with zero attached hydrogens (tertiary/aromatic N) is 4. The molecule has 0 amide bonds. The zero-order valence-electron chi connectivity index (χ0n) is 13.7. The van der Waals surface area contributed by atoms with Crippen molar-refractivity contribution in [3.63, 3.8) is 0 Å². The Morgan fingerprint density at radius 1 is 1.43 bits per heavy atom. The molecule has 2 aromatic rings. The number of piperidine rings is 1. The summed E-state index contributed by atoms with van der Waals surface area (Å²) in [4.78, 5) is 6.49. The quantitative estimate of drug-likeness (QED) is 0.934. The highest BCUT2D eigenvalue weighted by atomic mass is 16.5. The summed E-state index contributed by atoms with van der Waals surface area (Å²) in [5.74, 6) is 1.17. The van der Waals surface area contributed by atoms with Gasteiger partial charge in [-0.2, -0.15) is 5.10 Å². The van der Waals surface area contributed by atoms with Crippen LogP contribution in [-0.4, -0.2) is 45.9 Å². The molecule has 23 heavy (non-hydrogen) atoms. The molecule has 6 nitrogen and oxygen atoms in total. The molecule has 1 atom stereocenters. The summed E-state index contributed by atoms with van der Waals surface area (Å²) < 4.78 is 7.98. The minimum absolute atomic E-state index is 0.163. The van der Waals surface area contributed by atoms with Gasteiger partial charge in [-0.3, -0.25) is 4.68 Å². The lowest BCUT2D eigenvalue weighted by Crippen LogP contribution is -2.38. The van der Waals surface area contributed by atoms with Gasteiger partial charge < -0.3 is 15.4 Å². The van der Waals surface area contributed by atoms with Gasteiger partial charge in [-0.05, 0) is 38.1 Å². The van der Waals surface area contributed by atoms with Crippen LogP contribution < -0.4 is 10.5 Å². The second-order valence-electron chi connectivity index (χ2n) is 6.09. The number of anilines is 1. The molecule has 122 valence electrons. The Hall–Kier alpha value is -2.34. The molecule has 1 fully saturated rings. The van der Waals surface area contributed by atoms with Crippen molar-refractivity contribution in [1.82, 2.24) is 19.7 Å². The van der Waals surface area contributed by atoms with Gasteiger partial charge in [-0.25, -0.2) is 4.98 Å². The Bertz CT molecular complexity index is 709. The maximum absolute atomic E-state index is 6.24. The predicted octanol–water partition coefficient (Wildman–Crippen LogP) is 1.93. The van der Waals surface area contributed by atoms with E-state index in [2.05, 4.69) is 28.6 Å². The molecule has 1 aliphatic rings. The molecule has 2 aromatic heterocycles. The number of likely N-dealkylation sites (tertiary alicyclic amines) is 1. The van der Waals surface area contributed by atoms with Crippen molar-refractivity contribution in [2.24, 2.45) is 7.05 Å². The smallest absolute Gasteiger partial charge is 0.134 e. The maximum atomic E-state index is 6.24. The topological polar surface area (TPSA) is 69.2 Å². The van der Waals surface area contributed by atoms with Gasteiger partial charge in [0.2, 0.25) is 0 Å². The van der Waals surface area contributed by atoms with Gasteiger partial charge in [0.25, 0.3) is 0 Å². The summed E-state index contributed by atoms with van der Waals surface area (Å²) in [6.07, 6.45) is 7.71. The van der Waals surface area contributed by atoms with E-state index in [-0.39, 0.29) is 6.10 Å². The fourth-order valence-corrected chi connectivity index (χ4v) is 2.98. The molecule has 0 spiro atoms. The number of aromatic nitrogens is 3. The van der Waals surface area contributed by atoms with E-state index in [1.54, 1.807) is 17.1 Å². The van der Waals surface area contributed by atoms with Crippen molar-refractivity contribution in [3.8, 4) is 5.75 Å². The van der Waals surface area contributed by atoms with Gasteiger partial charge in [-0.15, -0.1) is 0 Å². The molecule has 1 saturated heterocycles. The first-order valence-corrected chi connectivity index (χ1v) is 7.82. The van der Waals surface area contributed by atoms with Crippen LogP contribution in [0.3, 0.4) is 0 Å². The summed E-state index contributed by atoms with van der Waals surface area (Å²) in [6.45, 7) is 6.21. The van der Waals surface area contributed by atoms with Crippen molar-refractivity contribution in [2.45, 2.75) is 18.9 Å². The van der Waals surface area contributed by atoms with Gasteiger partial charge in [0.05, 0.1) is 11.8 Å². The summed E-state index contributed by atoms with van der Waals surface area (Å²) in [5, 5.41) is 4.20. The molecule has 1 unspecified atom stereocenters. The molecule has 0 bridgehead atoms. The van der Waals surface area contributed by atoms with Crippen LogP contribution in [0.15, 0.2) is 31.2 Å². The number of rotatable bonds is 4. The first-order chi connectivity index (χ1) is 11.0. The van der Waals surface area contributed by atoms with E-state index in [0.717, 1.165) is 48.4 Å². The number of hydrogen-bond acceptors (Lipinski definition) is 5. The fourth-order valence-electron chi connectivity index (χ4n) is 2.98. The van der Waals surface area contributed by atoms with Crippen molar-refractivity contribution >= 4 is 11.4 Å². The lowest BCUT2D eigenvalue weighted by atomic mass is 10.0.